The molecular formula is C23H17F3N2O2. The van der Waals surface area contributed by atoms with E-state index in [1.807, 2.05) is 30.3 Å². The lowest BCUT2D eigenvalue weighted by molar-refractivity contribution is -0.137. The van der Waals surface area contributed by atoms with Crippen LogP contribution in [0.5, 0.6) is 5.75 Å². The van der Waals surface area contributed by atoms with E-state index in [0.717, 1.165) is 23.3 Å². The van der Waals surface area contributed by atoms with Crippen LogP contribution in [-0.2, 0) is 6.18 Å². The smallest absolute Gasteiger partial charge is 0.416 e. The van der Waals surface area contributed by atoms with E-state index in [-0.39, 0.29) is 0 Å². The maximum absolute atomic E-state index is 13.3. The third-order valence-electron chi connectivity index (χ3n) is 4.76. The monoisotopic (exact) mass is 410 g/mol. The van der Waals surface area contributed by atoms with Crippen LogP contribution in [0.15, 0.2) is 71.7 Å². The number of hydrogen-bond donors (Lipinski definition) is 0. The summed E-state index contributed by atoms with van der Waals surface area (Å²) in [5.41, 5.74) is 3.21. The third-order valence-corrected chi connectivity index (χ3v) is 4.76. The SMILES string of the molecule is COc1ccccc1-c1ccncc1-c1nocc1-c1cc(C)cc(C(F)(F)F)c1. The molecule has 0 aliphatic heterocycles. The summed E-state index contributed by atoms with van der Waals surface area (Å²) >= 11 is 0. The van der Waals surface area contributed by atoms with Gasteiger partial charge in [-0.1, -0.05) is 29.4 Å². The molecule has 0 spiro atoms. The third kappa shape index (κ3) is 3.66. The topological polar surface area (TPSA) is 48.2 Å². The first kappa shape index (κ1) is 19.7. The standard InChI is InChI=1S/C23H17F3N2O2/c1-14-9-15(11-16(10-14)23(24,25)26)20-13-30-28-22(20)19-12-27-8-7-17(19)18-5-3-4-6-21(18)29-2/h3-13H,1-2H3. The second-order valence-corrected chi connectivity index (χ2v) is 6.78. The van der Waals surface area contributed by atoms with E-state index < -0.39 is 11.7 Å². The zero-order valence-corrected chi connectivity index (χ0v) is 16.2. The Morgan fingerprint density at radius 2 is 1.73 bits per heavy atom. The number of ether oxygens (including phenoxy) is 1. The van der Waals surface area contributed by atoms with Gasteiger partial charge in [0, 0.05) is 29.1 Å². The van der Waals surface area contributed by atoms with E-state index in [0.29, 0.717) is 33.7 Å². The van der Waals surface area contributed by atoms with Crippen molar-refractivity contribution in [2.75, 3.05) is 7.11 Å². The summed E-state index contributed by atoms with van der Waals surface area (Å²) in [7, 11) is 1.58. The molecule has 4 aromatic rings. The molecule has 0 amide bonds. The fourth-order valence-electron chi connectivity index (χ4n) is 3.42. The molecule has 0 unspecified atom stereocenters. The Hall–Kier alpha value is -3.61. The van der Waals surface area contributed by atoms with Crippen LogP contribution >= 0.6 is 0 Å². The second kappa shape index (κ2) is 7.67. The highest BCUT2D eigenvalue weighted by molar-refractivity contribution is 5.90. The van der Waals surface area contributed by atoms with Crippen LogP contribution in [0.4, 0.5) is 13.2 Å². The van der Waals surface area contributed by atoms with Crippen LogP contribution in [-0.4, -0.2) is 17.3 Å². The molecule has 0 N–H and O–H groups in total. The molecule has 0 saturated carbocycles. The van der Waals surface area contributed by atoms with Gasteiger partial charge in [0.05, 0.1) is 12.7 Å². The minimum Gasteiger partial charge on any atom is -0.496 e. The van der Waals surface area contributed by atoms with Gasteiger partial charge in [0.15, 0.2) is 0 Å². The Bertz CT molecular complexity index is 1200. The number of pyridine rings is 1. The van der Waals surface area contributed by atoms with Crippen molar-refractivity contribution in [2.24, 2.45) is 0 Å². The van der Waals surface area contributed by atoms with Crippen LogP contribution in [0.25, 0.3) is 33.5 Å². The Kier molecular flexibility index (Phi) is 5.03. The molecule has 152 valence electrons. The van der Waals surface area contributed by atoms with Gasteiger partial charge in [-0.2, -0.15) is 13.2 Å². The molecule has 0 bridgehead atoms. The number of nitrogens with zero attached hydrogens (tertiary/aromatic N) is 2. The number of aromatic nitrogens is 2. The molecule has 0 aliphatic rings. The quantitative estimate of drug-likeness (QED) is 0.390. The summed E-state index contributed by atoms with van der Waals surface area (Å²) in [6, 6.07) is 13.2. The second-order valence-electron chi connectivity index (χ2n) is 6.78. The maximum Gasteiger partial charge on any atom is 0.416 e. The van der Waals surface area contributed by atoms with Crippen LogP contribution in [0.2, 0.25) is 0 Å². The summed E-state index contributed by atoms with van der Waals surface area (Å²) < 4.78 is 50.6. The van der Waals surface area contributed by atoms with Gasteiger partial charge in [-0.15, -0.1) is 0 Å². The van der Waals surface area contributed by atoms with Gasteiger partial charge < -0.3 is 9.26 Å². The van der Waals surface area contributed by atoms with Crippen LogP contribution in [0.3, 0.4) is 0 Å². The summed E-state index contributed by atoms with van der Waals surface area (Å²) in [5, 5.41) is 4.09. The predicted molar refractivity (Wildman–Crippen MR) is 107 cm³/mol. The summed E-state index contributed by atoms with van der Waals surface area (Å²) in [6.07, 6.45) is 0.154. The van der Waals surface area contributed by atoms with Crippen molar-refractivity contribution in [3.63, 3.8) is 0 Å². The van der Waals surface area contributed by atoms with Gasteiger partial charge in [-0.25, -0.2) is 0 Å². The molecule has 0 saturated heterocycles. The van der Waals surface area contributed by atoms with Gasteiger partial charge in [0.25, 0.3) is 0 Å². The largest absolute Gasteiger partial charge is 0.496 e. The fraction of sp³-hybridized carbons (Fsp3) is 0.130. The predicted octanol–water partition coefficient (Wildman–Crippen LogP) is 6.41. The lowest BCUT2D eigenvalue weighted by Crippen LogP contribution is -2.05. The normalized spacial score (nSPS) is 11.5. The van der Waals surface area contributed by atoms with Gasteiger partial charge in [-0.3, -0.25) is 4.98 Å². The molecular weight excluding hydrogens is 393 g/mol. The maximum atomic E-state index is 13.3. The van der Waals surface area contributed by atoms with Crippen molar-refractivity contribution in [2.45, 2.75) is 13.1 Å². The van der Waals surface area contributed by atoms with Crippen molar-refractivity contribution in [3.05, 3.63) is 78.3 Å². The number of hydrogen-bond acceptors (Lipinski definition) is 4. The van der Waals surface area contributed by atoms with Crippen molar-refractivity contribution >= 4 is 0 Å². The average Bonchev–Trinajstić information content (AvgIpc) is 3.22. The minimum atomic E-state index is -4.45. The Balaban J connectivity index is 1.90. The Morgan fingerprint density at radius 1 is 0.933 bits per heavy atom. The lowest BCUT2D eigenvalue weighted by Gasteiger charge is -2.13. The van der Waals surface area contributed by atoms with Gasteiger partial charge in [0.1, 0.15) is 17.7 Å². The number of benzene rings is 2. The van der Waals surface area contributed by atoms with Gasteiger partial charge in [0.2, 0.25) is 0 Å². The fourth-order valence-corrected chi connectivity index (χ4v) is 3.42. The summed E-state index contributed by atoms with van der Waals surface area (Å²) in [6.45, 7) is 1.62. The average molecular weight is 410 g/mol. The van der Waals surface area contributed by atoms with E-state index in [1.54, 1.807) is 32.5 Å². The Morgan fingerprint density at radius 3 is 2.50 bits per heavy atom. The first-order valence-electron chi connectivity index (χ1n) is 9.10. The molecule has 7 heteroatoms. The highest BCUT2D eigenvalue weighted by Crippen LogP contribution is 2.41. The lowest BCUT2D eigenvalue weighted by atomic mass is 9.94. The number of methoxy groups -OCH3 is 1. The number of para-hydroxylation sites is 1. The molecule has 2 aromatic carbocycles. The highest BCUT2D eigenvalue weighted by Gasteiger charge is 2.31. The molecule has 0 radical (unpaired) electrons. The Labute approximate surface area is 170 Å². The molecule has 0 atom stereocenters. The molecule has 2 heterocycles. The van der Waals surface area contributed by atoms with Crippen molar-refractivity contribution in [3.8, 4) is 39.3 Å². The molecule has 4 rings (SSSR count). The van der Waals surface area contributed by atoms with E-state index >= 15 is 0 Å². The van der Waals surface area contributed by atoms with E-state index in [9.17, 15) is 13.2 Å². The molecule has 30 heavy (non-hydrogen) atoms. The molecule has 0 fully saturated rings. The minimum absolute atomic E-state index is 0.369. The first-order chi connectivity index (χ1) is 14.4. The zero-order chi connectivity index (χ0) is 21.3. The van der Waals surface area contributed by atoms with Gasteiger partial charge in [-0.05, 0) is 47.9 Å². The summed E-state index contributed by atoms with van der Waals surface area (Å²) in [5.74, 6) is 0.657. The van der Waals surface area contributed by atoms with Crippen LogP contribution in [0.1, 0.15) is 11.1 Å². The van der Waals surface area contributed by atoms with Crippen LogP contribution < -0.4 is 4.74 Å². The summed E-state index contributed by atoms with van der Waals surface area (Å²) in [4.78, 5) is 4.19. The number of rotatable bonds is 4. The van der Waals surface area contributed by atoms with Crippen molar-refractivity contribution < 1.29 is 22.4 Å². The molecule has 0 aliphatic carbocycles. The van der Waals surface area contributed by atoms with Crippen LogP contribution in [0, 0.1) is 6.92 Å². The molecule has 4 nitrogen and oxygen atoms in total. The highest BCUT2D eigenvalue weighted by atomic mass is 19.4. The number of alkyl halides is 3. The number of halogens is 3. The van der Waals surface area contributed by atoms with Gasteiger partial charge >= 0.3 is 6.18 Å². The van der Waals surface area contributed by atoms with E-state index in [1.165, 1.54) is 6.26 Å². The molecule has 2 aromatic heterocycles. The van der Waals surface area contributed by atoms with E-state index in [4.69, 9.17) is 9.26 Å². The van der Waals surface area contributed by atoms with Crippen molar-refractivity contribution in [1.29, 1.82) is 0 Å². The van der Waals surface area contributed by atoms with E-state index in [2.05, 4.69) is 10.1 Å². The van der Waals surface area contributed by atoms with Crippen molar-refractivity contribution in [1.82, 2.24) is 10.1 Å². The number of aryl methyl sites for hydroxylation is 1. The first-order valence-corrected chi connectivity index (χ1v) is 9.10. The zero-order valence-electron chi connectivity index (χ0n) is 16.2.